The summed E-state index contributed by atoms with van der Waals surface area (Å²) in [6, 6.07) is 4.52. The number of rotatable bonds is 3. The molecule has 0 bridgehead atoms. The number of likely N-dealkylation sites (N-methyl/N-ethyl adjacent to an activating group) is 1. The molecule has 1 N–H and O–H groups in total. The van der Waals surface area contributed by atoms with Gasteiger partial charge in [-0.2, -0.15) is 0 Å². The Morgan fingerprint density at radius 2 is 2.11 bits per heavy atom. The predicted octanol–water partition coefficient (Wildman–Crippen LogP) is 2.99. The van der Waals surface area contributed by atoms with E-state index >= 15 is 0 Å². The molecule has 2 rings (SSSR count). The molecule has 1 aliphatic rings. The molecular weight excluding hydrogens is 268 g/mol. The first-order valence-electron chi connectivity index (χ1n) is 6.36. The minimum absolute atomic E-state index is 0.0206. The topological polar surface area (TPSA) is 66.6 Å². The Morgan fingerprint density at radius 1 is 1.42 bits per heavy atom. The molecule has 2 unspecified atom stereocenters. The molecule has 19 heavy (non-hydrogen) atoms. The van der Waals surface area contributed by atoms with E-state index in [0.717, 1.165) is 25.7 Å². The van der Waals surface area contributed by atoms with Crippen molar-refractivity contribution in [2.24, 2.45) is 0 Å². The van der Waals surface area contributed by atoms with Gasteiger partial charge in [0.15, 0.2) is 0 Å². The molecule has 6 heteroatoms. The third-order valence-electron chi connectivity index (χ3n) is 3.71. The van der Waals surface area contributed by atoms with Gasteiger partial charge in [-0.05, 0) is 18.9 Å². The van der Waals surface area contributed by atoms with Crippen LogP contribution in [0.1, 0.15) is 25.7 Å². The molecule has 0 saturated heterocycles. The Labute approximate surface area is 116 Å². The molecule has 0 radical (unpaired) electrons. The van der Waals surface area contributed by atoms with Gasteiger partial charge in [-0.1, -0.05) is 30.5 Å². The van der Waals surface area contributed by atoms with E-state index < -0.39 is 11.0 Å². The monoisotopic (exact) mass is 284 g/mol. The molecule has 0 amide bonds. The quantitative estimate of drug-likeness (QED) is 0.684. The SMILES string of the molecule is CN(c1c(Cl)cccc1[N+](=O)[O-])C1CCCCC1O. The Balaban J connectivity index is 2.37. The first-order valence-corrected chi connectivity index (χ1v) is 6.74. The van der Waals surface area contributed by atoms with Crippen LogP contribution >= 0.6 is 11.6 Å². The Morgan fingerprint density at radius 3 is 2.74 bits per heavy atom. The van der Waals surface area contributed by atoms with Gasteiger partial charge in [0.1, 0.15) is 5.69 Å². The molecule has 0 spiro atoms. The van der Waals surface area contributed by atoms with Crippen molar-refractivity contribution in [2.45, 2.75) is 37.8 Å². The van der Waals surface area contributed by atoms with Gasteiger partial charge in [0.05, 0.1) is 22.1 Å². The highest BCUT2D eigenvalue weighted by Crippen LogP contribution is 2.38. The van der Waals surface area contributed by atoms with Crippen LogP contribution < -0.4 is 4.90 Å². The second-order valence-corrected chi connectivity index (χ2v) is 5.30. The van der Waals surface area contributed by atoms with Gasteiger partial charge < -0.3 is 10.0 Å². The number of para-hydroxylation sites is 1. The fourth-order valence-corrected chi connectivity index (χ4v) is 3.01. The number of aliphatic hydroxyl groups excluding tert-OH is 1. The molecule has 5 nitrogen and oxygen atoms in total. The van der Waals surface area contributed by atoms with Gasteiger partial charge in [-0.25, -0.2) is 0 Å². The smallest absolute Gasteiger partial charge is 0.294 e. The molecule has 1 aromatic rings. The number of benzene rings is 1. The lowest BCUT2D eigenvalue weighted by molar-refractivity contribution is -0.384. The van der Waals surface area contributed by atoms with E-state index in [0.29, 0.717) is 10.7 Å². The van der Waals surface area contributed by atoms with E-state index in [1.54, 1.807) is 24.1 Å². The number of anilines is 1. The van der Waals surface area contributed by atoms with Crippen molar-refractivity contribution in [3.63, 3.8) is 0 Å². The fraction of sp³-hybridized carbons (Fsp3) is 0.538. The molecule has 1 saturated carbocycles. The van der Waals surface area contributed by atoms with Crippen LogP contribution in [0, 0.1) is 10.1 Å². The summed E-state index contributed by atoms with van der Waals surface area (Å²) in [5, 5.41) is 21.5. The van der Waals surface area contributed by atoms with Crippen molar-refractivity contribution in [1.82, 2.24) is 0 Å². The second kappa shape index (κ2) is 5.75. The van der Waals surface area contributed by atoms with E-state index in [1.165, 1.54) is 6.07 Å². The Hall–Kier alpha value is -1.33. The summed E-state index contributed by atoms with van der Waals surface area (Å²) >= 11 is 6.11. The van der Waals surface area contributed by atoms with Crippen molar-refractivity contribution in [3.05, 3.63) is 33.3 Å². The highest BCUT2D eigenvalue weighted by atomic mass is 35.5. The molecule has 1 aliphatic carbocycles. The zero-order valence-electron chi connectivity index (χ0n) is 10.8. The summed E-state index contributed by atoms with van der Waals surface area (Å²) in [7, 11) is 1.76. The fourth-order valence-electron chi connectivity index (χ4n) is 2.71. The van der Waals surface area contributed by atoms with Crippen LogP contribution in [0.4, 0.5) is 11.4 Å². The third-order valence-corrected chi connectivity index (χ3v) is 4.01. The van der Waals surface area contributed by atoms with Gasteiger partial charge in [0, 0.05) is 13.1 Å². The highest BCUT2D eigenvalue weighted by Gasteiger charge is 2.31. The molecule has 0 aromatic heterocycles. The van der Waals surface area contributed by atoms with Crippen molar-refractivity contribution >= 4 is 23.0 Å². The van der Waals surface area contributed by atoms with Crippen LogP contribution in [0.25, 0.3) is 0 Å². The molecular formula is C13H17ClN2O3. The summed E-state index contributed by atoms with van der Waals surface area (Å²) < 4.78 is 0. The van der Waals surface area contributed by atoms with Crippen molar-refractivity contribution in [3.8, 4) is 0 Å². The number of halogens is 1. The summed E-state index contributed by atoms with van der Waals surface area (Å²) in [6.45, 7) is 0. The van der Waals surface area contributed by atoms with Gasteiger partial charge in [-0.15, -0.1) is 0 Å². The maximum atomic E-state index is 11.1. The summed E-state index contributed by atoms with van der Waals surface area (Å²) in [5.74, 6) is 0. The zero-order valence-corrected chi connectivity index (χ0v) is 11.5. The first kappa shape index (κ1) is 14.1. The van der Waals surface area contributed by atoms with E-state index in [9.17, 15) is 15.2 Å². The number of hydrogen-bond acceptors (Lipinski definition) is 4. The van der Waals surface area contributed by atoms with Gasteiger partial charge in [0.2, 0.25) is 0 Å². The average Bonchev–Trinajstić information content (AvgIpc) is 2.38. The van der Waals surface area contributed by atoms with Gasteiger partial charge in [-0.3, -0.25) is 10.1 Å². The lowest BCUT2D eigenvalue weighted by Crippen LogP contribution is -2.43. The Kier molecular flexibility index (Phi) is 4.27. The number of nitro benzene ring substituents is 1. The minimum Gasteiger partial charge on any atom is -0.391 e. The normalized spacial score (nSPS) is 23.1. The lowest BCUT2D eigenvalue weighted by Gasteiger charge is -2.36. The van der Waals surface area contributed by atoms with Crippen LogP contribution in [-0.4, -0.2) is 29.2 Å². The van der Waals surface area contributed by atoms with Crippen LogP contribution in [0.15, 0.2) is 18.2 Å². The van der Waals surface area contributed by atoms with E-state index in [4.69, 9.17) is 11.6 Å². The van der Waals surface area contributed by atoms with E-state index in [1.807, 2.05) is 0 Å². The number of nitrogens with zero attached hydrogens (tertiary/aromatic N) is 2. The van der Waals surface area contributed by atoms with Crippen LogP contribution in [0.5, 0.6) is 0 Å². The van der Waals surface area contributed by atoms with Crippen molar-refractivity contribution in [1.29, 1.82) is 0 Å². The maximum absolute atomic E-state index is 11.1. The number of aliphatic hydroxyl groups is 1. The average molecular weight is 285 g/mol. The highest BCUT2D eigenvalue weighted by molar-refractivity contribution is 6.33. The predicted molar refractivity (Wildman–Crippen MR) is 74.8 cm³/mol. The molecule has 0 aliphatic heterocycles. The third kappa shape index (κ3) is 2.82. The summed E-state index contributed by atoms with van der Waals surface area (Å²) in [5.41, 5.74) is 0.368. The van der Waals surface area contributed by atoms with Crippen LogP contribution in [-0.2, 0) is 0 Å². The van der Waals surface area contributed by atoms with Crippen LogP contribution in [0.2, 0.25) is 5.02 Å². The minimum atomic E-state index is -0.463. The maximum Gasteiger partial charge on any atom is 0.294 e. The van der Waals surface area contributed by atoms with E-state index in [2.05, 4.69) is 0 Å². The number of nitro groups is 1. The molecule has 2 atom stereocenters. The molecule has 1 aromatic carbocycles. The second-order valence-electron chi connectivity index (χ2n) is 4.89. The number of hydrogen-bond donors (Lipinski definition) is 1. The summed E-state index contributed by atoms with van der Waals surface area (Å²) in [4.78, 5) is 12.4. The molecule has 0 heterocycles. The lowest BCUT2D eigenvalue weighted by atomic mass is 9.91. The van der Waals surface area contributed by atoms with Gasteiger partial charge in [0.25, 0.3) is 5.69 Å². The van der Waals surface area contributed by atoms with Gasteiger partial charge >= 0.3 is 0 Å². The summed E-state index contributed by atoms with van der Waals surface area (Å²) in [6.07, 6.45) is 3.10. The van der Waals surface area contributed by atoms with Crippen LogP contribution in [0.3, 0.4) is 0 Å². The van der Waals surface area contributed by atoms with Crippen molar-refractivity contribution in [2.75, 3.05) is 11.9 Å². The Bertz CT molecular complexity index is 481. The van der Waals surface area contributed by atoms with E-state index in [-0.39, 0.29) is 11.7 Å². The molecule has 104 valence electrons. The largest absolute Gasteiger partial charge is 0.391 e. The molecule has 1 fully saturated rings. The zero-order chi connectivity index (χ0) is 14.0. The standard InChI is InChI=1S/C13H17ClN2O3/c1-15(10-6-2-3-8-12(10)17)13-9(14)5-4-7-11(13)16(18)19/h4-5,7,10,12,17H,2-3,6,8H2,1H3. The van der Waals surface area contributed by atoms with Crippen molar-refractivity contribution < 1.29 is 10.0 Å². The first-order chi connectivity index (χ1) is 9.02.